The molecule has 2 aromatic carbocycles. The molecule has 4 heteroatoms. The number of hydrogen-bond acceptors (Lipinski definition) is 2. The van der Waals surface area contributed by atoms with E-state index >= 15 is 0 Å². The highest BCUT2D eigenvalue weighted by atomic mass is 31.1. The number of rotatable bonds is 5. The lowest BCUT2D eigenvalue weighted by Gasteiger charge is -2.30. The van der Waals surface area contributed by atoms with Gasteiger partial charge in [-0.15, -0.1) is 0 Å². The van der Waals surface area contributed by atoms with Crippen LogP contribution >= 0.6 is 15.8 Å². The van der Waals surface area contributed by atoms with Gasteiger partial charge in [-0.25, -0.2) is 0 Å². The topological polar surface area (TPSA) is 18.5 Å². The van der Waals surface area contributed by atoms with Crippen molar-refractivity contribution in [3.63, 3.8) is 0 Å². The van der Waals surface area contributed by atoms with Crippen molar-refractivity contribution in [2.75, 3.05) is 14.2 Å². The van der Waals surface area contributed by atoms with Gasteiger partial charge >= 0.3 is 0 Å². The fourth-order valence-corrected chi connectivity index (χ4v) is 12.5. The van der Waals surface area contributed by atoms with Crippen molar-refractivity contribution in [3.8, 4) is 22.6 Å². The first-order chi connectivity index (χ1) is 14.5. The summed E-state index contributed by atoms with van der Waals surface area (Å²) in [5, 5.41) is 3.03. The van der Waals surface area contributed by atoms with Gasteiger partial charge in [-0.1, -0.05) is 67.8 Å². The van der Waals surface area contributed by atoms with Gasteiger partial charge in [0.1, 0.15) is 11.5 Å². The van der Waals surface area contributed by atoms with Gasteiger partial charge in [-0.3, -0.25) is 0 Å². The van der Waals surface area contributed by atoms with Gasteiger partial charge in [0, 0.05) is 11.1 Å². The average Bonchev–Trinajstić information content (AvgIpc) is 3.26. The Morgan fingerprint density at radius 2 is 0.933 bits per heavy atom. The van der Waals surface area contributed by atoms with Crippen LogP contribution in [-0.4, -0.2) is 36.9 Å². The van der Waals surface area contributed by atoms with Crippen LogP contribution in [0.3, 0.4) is 0 Å². The molecule has 2 saturated heterocycles. The van der Waals surface area contributed by atoms with Gasteiger partial charge < -0.3 is 9.47 Å². The standard InChI is InChI=1S/C26H36O2P2/c1-17-13-14-18(2)29(17)23-11-7-9-21(27-5)25(23)26-22(28-6)10-8-12-24(26)30-19(3)15-16-20(30)4/h7-12,17-20H,13-16H2,1-6H3. The van der Waals surface area contributed by atoms with Gasteiger partial charge in [0.25, 0.3) is 0 Å². The molecule has 0 aliphatic carbocycles. The van der Waals surface area contributed by atoms with Crippen molar-refractivity contribution in [1.82, 2.24) is 0 Å². The maximum Gasteiger partial charge on any atom is 0.127 e. The van der Waals surface area contributed by atoms with Crippen LogP contribution in [0, 0.1) is 0 Å². The van der Waals surface area contributed by atoms with Crippen LogP contribution < -0.4 is 20.1 Å². The van der Waals surface area contributed by atoms with Crippen molar-refractivity contribution in [2.24, 2.45) is 0 Å². The van der Waals surface area contributed by atoms with Crippen molar-refractivity contribution < 1.29 is 9.47 Å². The lowest BCUT2D eigenvalue weighted by Crippen LogP contribution is -2.20. The molecule has 4 atom stereocenters. The number of hydrogen-bond donors (Lipinski definition) is 0. The fraction of sp³-hybridized carbons (Fsp3) is 0.538. The van der Waals surface area contributed by atoms with Gasteiger partial charge in [-0.05, 0) is 71.1 Å². The Morgan fingerprint density at radius 1 is 0.600 bits per heavy atom. The molecule has 162 valence electrons. The smallest absolute Gasteiger partial charge is 0.127 e. The maximum atomic E-state index is 6.00. The Bertz CT molecular complexity index is 803. The molecule has 2 aliphatic rings. The van der Waals surface area contributed by atoms with Gasteiger partial charge in [-0.2, -0.15) is 0 Å². The first kappa shape index (κ1) is 22.1. The predicted octanol–water partition coefficient (Wildman–Crippen LogP) is 6.73. The zero-order valence-electron chi connectivity index (χ0n) is 19.3. The third-order valence-electron chi connectivity index (χ3n) is 7.16. The minimum atomic E-state index is -0.221. The summed E-state index contributed by atoms with van der Waals surface area (Å²) in [5.74, 6) is 2.00. The SMILES string of the molecule is COc1cccc(P2C(C)CCC2C)c1-c1c(OC)cccc1P1C(C)CCC1C. The summed E-state index contributed by atoms with van der Waals surface area (Å²) < 4.78 is 12.0. The molecule has 2 aromatic rings. The summed E-state index contributed by atoms with van der Waals surface area (Å²) in [6.07, 6.45) is 5.35. The Labute approximate surface area is 185 Å². The molecule has 4 unspecified atom stereocenters. The van der Waals surface area contributed by atoms with E-state index in [9.17, 15) is 0 Å². The van der Waals surface area contributed by atoms with Crippen LogP contribution in [0.5, 0.6) is 11.5 Å². The summed E-state index contributed by atoms with van der Waals surface area (Å²) in [7, 11) is 3.19. The quantitative estimate of drug-likeness (QED) is 0.478. The second-order valence-electron chi connectivity index (χ2n) is 9.07. The van der Waals surface area contributed by atoms with E-state index in [1.165, 1.54) is 47.4 Å². The highest BCUT2D eigenvalue weighted by Crippen LogP contribution is 2.59. The fourth-order valence-electron chi connectivity index (χ4n) is 5.65. The van der Waals surface area contributed by atoms with Crippen LogP contribution in [0.2, 0.25) is 0 Å². The van der Waals surface area contributed by atoms with E-state index in [4.69, 9.17) is 9.47 Å². The first-order valence-corrected chi connectivity index (χ1v) is 14.3. The van der Waals surface area contributed by atoms with Crippen LogP contribution in [0.15, 0.2) is 36.4 Å². The van der Waals surface area contributed by atoms with Gasteiger partial charge in [0.2, 0.25) is 0 Å². The highest BCUT2D eigenvalue weighted by molar-refractivity contribution is 7.68. The van der Waals surface area contributed by atoms with E-state index in [1.54, 1.807) is 0 Å². The normalized spacial score (nSPS) is 31.1. The first-order valence-electron chi connectivity index (χ1n) is 11.4. The largest absolute Gasteiger partial charge is 0.496 e. The van der Waals surface area contributed by atoms with Gasteiger partial charge in [0.05, 0.1) is 14.2 Å². The molecule has 0 radical (unpaired) electrons. The van der Waals surface area contributed by atoms with Crippen LogP contribution in [0.25, 0.3) is 11.1 Å². The molecular formula is C26H36O2P2. The van der Waals surface area contributed by atoms with E-state index < -0.39 is 0 Å². The minimum Gasteiger partial charge on any atom is -0.496 e. The van der Waals surface area contributed by atoms with E-state index in [-0.39, 0.29) is 15.8 Å². The third-order valence-corrected chi connectivity index (χ3v) is 13.8. The van der Waals surface area contributed by atoms with Crippen molar-refractivity contribution in [1.29, 1.82) is 0 Å². The molecule has 0 amide bonds. The zero-order valence-corrected chi connectivity index (χ0v) is 21.1. The lowest BCUT2D eigenvalue weighted by molar-refractivity contribution is 0.411. The lowest BCUT2D eigenvalue weighted by atomic mass is 10.0. The Balaban J connectivity index is 1.99. The third kappa shape index (κ3) is 3.80. The second-order valence-corrected chi connectivity index (χ2v) is 15.2. The molecule has 0 bridgehead atoms. The number of methoxy groups -OCH3 is 2. The molecule has 2 aliphatic heterocycles. The Kier molecular flexibility index (Phi) is 6.76. The zero-order chi connectivity index (χ0) is 21.4. The number of benzene rings is 2. The second kappa shape index (κ2) is 9.18. The van der Waals surface area contributed by atoms with E-state index in [2.05, 4.69) is 64.1 Å². The molecular weight excluding hydrogens is 406 g/mol. The molecule has 0 spiro atoms. The van der Waals surface area contributed by atoms with Gasteiger partial charge in [0.15, 0.2) is 0 Å². The molecule has 0 saturated carbocycles. The molecule has 30 heavy (non-hydrogen) atoms. The minimum absolute atomic E-state index is 0.221. The van der Waals surface area contributed by atoms with Crippen molar-refractivity contribution >= 4 is 26.5 Å². The predicted molar refractivity (Wildman–Crippen MR) is 134 cm³/mol. The molecule has 2 nitrogen and oxygen atoms in total. The highest BCUT2D eigenvalue weighted by Gasteiger charge is 2.37. The number of ether oxygens (including phenoxy) is 2. The van der Waals surface area contributed by atoms with E-state index in [1.807, 2.05) is 14.2 Å². The summed E-state index contributed by atoms with van der Waals surface area (Å²) in [5.41, 5.74) is 5.66. The maximum absolute atomic E-state index is 6.00. The van der Waals surface area contributed by atoms with Crippen molar-refractivity contribution in [2.45, 2.75) is 76.0 Å². The summed E-state index contributed by atoms with van der Waals surface area (Å²) in [4.78, 5) is 0. The van der Waals surface area contributed by atoms with Crippen LogP contribution in [-0.2, 0) is 0 Å². The monoisotopic (exact) mass is 442 g/mol. The molecule has 4 rings (SSSR count). The average molecular weight is 443 g/mol. The molecule has 2 fully saturated rings. The van der Waals surface area contributed by atoms with Crippen molar-refractivity contribution in [3.05, 3.63) is 36.4 Å². The molecule has 2 heterocycles. The van der Waals surface area contributed by atoms with Crippen LogP contribution in [0.4, 0.5) is 0 Å². The Morgan fingerprint density at radius 3 is 1.23 bits per heavy atom. The van der Waals surface area contributed by atoms with Crippen LogP contribution in [0.1, 0.15) is 53.4 Å². The summed E-state index contributed by atoms with van der Waals surface area (Å²) in [6.45, 7) is 9.80. The van der Waals surface area contributed by atoms with E-state index in [0.717, 1.165) is 34.1 Å². The molecule has 0 aromatic heterocycles. The Hall–Kier alpha value is -1.10. The van der Waals surface area contributed by atoms with E-state index in [0.29, 0.717) is 0 Å². The summed E-state index contributed by atoms with van der Waals surface area (Å²) >= 11 is 0. The molecule has 0 N–H and O–H groups in total. The summed E-state index contributed by atoms with van der Waals surface area (Å²) in [6, 6.07) is 13.4.